The largest absolute Gasteiger partial charge is 0.348 e. The molecule has 2 heterocycles. The van der Waals surface area contributed by atoms with Crippen molar-refractivity contribution in [2.75, 3.05) is 26.2 Å². The van der Waals surface area contributed by atoms with Crippen molar-refractivity contribution in [2.45, 2.75) is 0 Å². The molecule has 0 radical (unpaired) electrons. The SMILES string of the molecule is O=C(NCCNCCNC(=O)c1nc2ccccc2[nH]1)c1nc2ccccc2[nH]1. The summed E-state index contributed by atoms with van der Waals surface area (Å²) < 4.78 is 0. The minimum atomic E-state index is -0.249. The van der Waals surface area contributed by atoms with Crippen LogP contribution in [0.1, 0.15) is 21.2 Å². The van der Waals surface area contributed by atoms with Gasteiger partial charge in [0.2, 0.25) is 0 Å². The van der Waals surface area contributed by atoms with Gasteiger partial charge in [0.25, 0.3) is 11.8 Å². The summed E-state index contributed by atoms with van der Waals surface area (Å²) in [5.41, 5.74) is 3.18. The summed E-state index contributed by atoms with van der Waals surface area (Å²) in [4.78, 5) is 38.8. The highest BCUT2D eigenvalue weighted by Crippen LogP contribution is 2.10. The van der Waals surface area contributed by atoms with E-state index in [0.29, 0.717) is 37.8 Å². The summed E-state index contributed by atoms with van der Waals surface area (Å²) >= 11 is 0. The number of fused-ring (bicyclic) bond motifs is 2. The Morgan fingerprint density at radius 2 is 1.14 bits per heavy atom. The predicted molar refractivity (Wildman–Crippen MR) is 110 cm³/mol. The van der Waals surface area contributed by atoms with Gasteiger partial charge in [-0.1, -0.05) is 24.3 Å². The van der Waals surface area contributed by atoms with Crippen molar-refractivity contribution < 1.29 is 9.59 Å². The standard InChI is InChI=1S/C20H21N7O2/c28-19(17-24-13-5-1-2-6-14(13)25-17)22-11-9-21-10-12-23-20(29)18-26-15-7-3-4-8-16(15)27-18/h1-8,21H,9-12H2,(H,22,28)(H,23,29)(H,24,25)(H,26,27). The highest BCUT2D eigenvalue weighted by atomic mass is 16.2. The molecule has 4 aromatic rings. The van der Waals surface area contributed by atoms with Gasteiger partial charge in [0.15, 0.2) is 11.6 Å². The van der Waals surface area contributed by atoms with E-state index in [9.17, 15) is 9.59 Å². The topological polar surface area (TPSA) is 128 Å². The van der Waals surface area contributed by atoms with E-state index in [2.05, 4.69) is 35.9 Å². The van der Waals surface area contributed by atoms with E-state index < -0.39 is 0 Å². The number of para-hydroxylation sites is 4. The van der Waals surface area contributed by atoms with E-state index in [0.717, 1.165) is 22.1 Å². The van der Waals surface area contributed by atoms with E-state index in [1.807, 2.05) is 48.5 Å². The van der Waals surface area contributed by atoms with Crippen LogP contribution in [0.4, 0.5) is 0 Å². The molecule has 0 aliphatic heterocycles. The number of nitrogens with zero attached hydrogens (tertiary/aromatic N) is 2. The van der Waals surface area contributed by atoms with Crippen molar-refractivity contribution >= 4 is 33.9 Å². The van der Waals surface area contributed by atoms with Crippen LogP contribution in [-0.4, -0.2) is 57.9 Å². The van der Waals surface area contributed by atoms with Crippen LogP contribution in [-0.2, 0) is 0 Å². The molecule has 5 N–H and O–H groups in total. The molecule has 0 aliphatic carbocycles. The lowest BCUT2D eigenvalue weighted by atomic mass is 10.3. The highest BCUT2D eigenvalue weighted by Gasteiger charge is 2.11. The first-order valence-electron chi connectivity index (χ1n) is 9.37. The molecule has 2 amide bonds. The number of carbonyl (C=O) groups excluding carboxylic acids is 2. The zero-order valence-corrected chi connectivity index (χ0v) is 15.7. The fourth-order valence-electron chi connectivity index (χ4n) is 2.94. The number of aromatic amines is 2. The smallest absolute Gasteiger partial charge is 0.287 e. The number of rotatable bonds is 8. The van der Waals surface area contributed by atoms with Crippen LogP contribution in [0.25, 0.3) is 22.1 Å². The van der Waals surface area contributed by atoms with Gasteiger partial charge in [-0.2, -0.15) is 0 Å². The zero-order valence-electron chi connectivity index (χ0n) is 15.7. The lowest BCUT2D eigenvalue weighted by Gasteiger charge is -2.06. The molecule has 9 nitrogen and oxygen atoms in total. The van der Waals surface area contributed by atoms with Gasteiger partial charge >= 0.3 is 0 Å². The Morgan fingerprint density at radius 1 is 0.690 bits per heavy atom. The van der Waals surface area contributed by atoms with Crippen LogP contribution in [0.15, 0.2) is 48.5 Å². The Kier molecular flexibility index (Phi) is 5.48. The molecule has 0 aliphatic rings. The third-order valence-electron chi connectivity index (χ3n) is 4.38. The summed E-state index contributed by atoms with van der Waals surface area (Å²) in [7, 11) is 0. The molecule has 9 heteroatoms. The van der Waals surface area contributed by atoms with Gasteiger partial charge in [0.1, 0.15) is 0 Å². The number of aromatic nitrogens is 4. The van der Waals surface area contributed by atoms with Crippen LogP contribution in [0.3, 0.4) is 0 Å². The average Bonchev–Trinajstić information content (AvgIpc) is 3.37. The van der Waals surface area contributed by atoms with E-state index in [-0.39, 0.29) is 11.8 Å². The molecule has 0 unspecified atom stereocenters. The van der Waals surface area contributed by atoms with Gasteiger partial charge in [-0.15, -0.1) is 0 Å². The first-order chi connectivity index (χ1) is 14.2. The Bertz CT molecular complexity index is 992. The van der Waals surface area contributed by atoms with Gasteiger partial charge in [0.05, 0.1) is 22.1 Å². The number of benzene rings is 2. The molecule has 0 spiro atoms. The molecule has 0 saturated carbocycles. The fourth-order valence-corrected chi connectivity index (χ4v) is 2.94. The number of imidazole rings is 2. The Labute approximate surface area is 166 Å². The maximum Gasteiger partial charge on any atom is 0.287 e. The van der Waals surface area contributed by atoms with Gasteiger partial charge in [-0.25, -0.2) is 9.97 Å². The molecule has 4 rings (SSSR count). The summed E-state index contributed by atoms with van der Waals surface area (Å²) in [5, 5.41) is 8.77. The Hall–Kier alpha value is -3.72. The second-order valence-corrected chi connectivity index (χ2v) is 6.47. The second-order valence-electron chi connectivity index (χ2n) is 6.47. The highest BCUT2D eigenvalue weighted by molar-refractivity contribution is 5.94. The summed E-state index contributed by atoms with van der Waals surface area (Å²) in [6.07, 6.45) is 0. The first-order valence-corrected chi connectivity index (χ1v) is 9.37. The predicted octanol–water partition coefficient (Wildman–Crippen LogP) is 1.19. The van der Waals surface area contributed by atoms with Crippen LogP contribution in [0, 0.1) is 0 Å². The van der Waals surface area contributed by atoms with Crippen molar-refractivity contribution in [3.8, 4) is 0 Å². The number of amides is 2. The number of carbonyl (C=O) groups is 2. The molecular formula is C20H21N7O2. The minimum absolute atomic E-state index is 0.249. The van der Waals surface area contributed by atoms with Crippen molar-refractivity contribution in [1.29, 1.82) is 0 Å². The van der Waals surface area contributed by atoms with E-state index in [1.165, 1.54) is 0 Å². The molecule has 2 aromatic heterocycles. The molecular weight excluding hydrogens is 370 g/mol. The average molecular weight is 391 g/mol. The number of hydrogen-bond donors (Lipinski definition) is 5. The third-order valence-corrected chi connectivity index (χ3v) is 4.38. The van der Waals surface area contributed by atoms with Crippen molar-refractivity contribution in [3.05, 3.63) is 60.2 Å². The van der Waals surface area contributed by atoms with E-state index in [4.69, 9.17) is 0 Å². The maximum atomic E-state index is 12.1. The van der Waals surface area contributed by atoms with Crippen LogP contribution >= 0.6 is 0 Å². The summed E-state index contributed by atoms with van der Waals surface area (Å²) in [6, 6.07) is 15.0. The molecule has 0 fully saturated rings. The van der Waals surface area contributed by atoms with Crippen LogP contribution < -0.4 is 16.0 Å². The monoisotopic (exact) mass is 391 g/mol. The second kappa shape index (κ2) is 8.53. The molecule has 29 heavy (non-hydrogen) atoms. The molecule has 0 bridgehead atoms. The molecule has 0 saturated heterocycles. The van der Waals surface area contributed by atoms with Gasteiger partial charge < -0.3 is 25.9 Å². The number of hydrogen-bond acceptors (Lipinski definition) is 5. The Balaban J connectivity index is 1.14. The lowest BCUT2D eigenvalue weighted by Crippen LogP contribution is -2.36. The third kappa shape index (κ3) is 4.41. The van der Waals surface area contributed by atoms with Crippen molar-refractivity contribution in [3.63, 3.8) is 0 Å². The molecule has 148 valence electrons. The van der Waals surface area contributed by atoms with Gasteiger partial charge in [-0.3, -0.25) is 9.59 Å². The van der Waals surface area contributed by atoms with Gasteiger partial charge in [-0.05, 0) is 24.3 Å². The minimum Gasteiger partial charge on any atom is -0.348 e. The normalized spacial score (nSPS) is 11.0. The van der Waals surface area contributed by atoms with Crippen LogP contribution in [0.5, 0.6) is 0 Å². The first kappa shape index (κ1) is 18.6. The van der Waals surface area contributed by atoms with E-state index >= 15 is 0 Å². The zero-order chi connectivity index (χ0) is 20.1. The quantitative estimate of drug-likeness (QED) is 0.288. The van der Waals surface area contributed by atoms with Crippen LogP contribution in [0.2, 0.25) is 0 Å². The van der Waals surface area contributed by atoms with E-state index in [1.54, 1.807) is 0 Å². The number of nitrogens with one attached hydrogen (secondary N) is 5. The summed E-state index contributed by atoms with van der Waals surface area (Å²) in [5.74, 6) is 0.0935. The lowest BCUT2D eigenvalue weighted by molar-refractivity contribution is 0.0939. The maximum absolute atomic E-state index is 12.1. The van der Waals surface area contributed by atoms with Gasteiger partial charge in [0, 0.05) is 26.2 Å². The molecule has 0 atom stereocenters. The summed E-state index contributed by atoms with van der Waals surface area (Å²) in [6.45, 7) is 2.06. The van der Waals surface area contributed by atoms with Crippen molar-refractivity contribution in [1.82, 2.24) is 35.9 Å². The Morgan fingerprint density at radius 3 is 1.59 bits per heavy atom. The fraction of sp³-hybridized carbons (Fsp3) is 0.200. The molecule has 2 aromatic carbocycles. The number of H-pyrrole nitrogens is 2. The van der Waals surface area contributed by atoms with Crippen molar-refractivity contribution in [2.24, 2.45) is 0 Å².